The fourth-order valence-electron chi connectivity index (χ4n) is 3.61. The van der Waals surface area contributed by atoms with E-state index >= 15 is 0 Å². The first-order valence-electron chi connectivity index (χ1n) is 10.4. The molecule has 0 spiro atoms. The summed E-state index contributed by atoms with van der Waals surface area (Å²) in [6, 6.07) is 18.5. The number of ether oxygens (including phenoxy) is 1. The number of allylic oxidation sites excluding steroid dienone is 1. The van der Waals surface area contributed by atoms with E-state index in [-0.39, 0.29) is 22.5 Å². The van der Waals surface area contributed by atoms with Crippen LogP contribution >= 0.6 is 0 Å². The van der Waals surface area contributed by atoms with Crippen LogP contribution < -0.4 is 0 Å². The topological polar surface area (TPSA) is 113 Å². The number of hydrogen-bond acceptors (Lipinski definition) is 6. The predicted octanol–water partition coefficient (Wildman–Crippen LogP) is 4.61. The Labute approximate surface area is 194 Å². The minimum Gasteiger partial charge on any atom is -0.506 e. The highest BCUT2D eigenvalue weighted by atomic mass is 19.1. The van der Waals surface area contributed by atoms with Crippen molar-refractivity contribution in [3.05, 3.63) is 101 Å². The summed E-state index contributed by atoms with van der Waals surface area (Å²) in [5, 5.41) is 20.9. The number of aliphatic hydroxyl groups is 2. The van der Waals surface area contributed by atoms with Crippen LogP contribution in [-0.4, -0.2) is 38.5 Å². The molecule has 0 fully saturated rings. The van der Waals surface area contributed by atoms with E-state index in [0.717, 1.165) is 6.07 Å². The van der Waals surface area contributed by atoms with E-state index in [1.165, 1.54) is 31.2 Å². The Morgan fingerprint density at radius 2 is 1.76 bits per heavy atom. The minimum atomic E-state index is -0.946. The Bertz CT molecular complexity index is 1380. The molecule has 1 aromatic heterocycles. The number of fused-ring (bicyclic) bond motifs is 1. The molecule has 0 bridgehead atoms. The van der Waals surface area contributed by atoms with Crippen LogP contribution in [0.2, 0.25) is 0 Å². The number of halogens is 1. The number of para-hydroxylation sites is 2. The van der Waals surface area contributed by atoms with Crippen molar-refractivity contribution in [2.45, 2.75) is 13.0 Å². The highest BCUT2D eigenvalue weighted by Crippen LogP contribution is 2.30. The number of carbonyl (C=O) groups excluding carboxylic acids is 2. The zero-order valence-corrected chi connectivity index (χ0v) is 18.2. The number of imidazole rings is 1. The molecule has 0 amide bonds. The number of esters is 1. The van der Waals surface area contributed by atoms with Crippen molar-refractivity contribution in [2.24, 2.45) is 0 Å². The number of nitrogens with zero attached hydrogens (tertiary/aromatic N) is 1. The summed E-state index contributed by atoms with van der Waals surface area (Å²) in [7, 11) is 0. The molecule has 3 aromatic carbocycles. The van der Waals surface area contributed by atoms with Crippen LogP contribution in [0.1, 0.15) is 40.3 Å². The third kappa shape index (κ3) is 4.72. The van der Waals surface area contributed by atoms with Gasteiger partial charge in [0.25, 0.3) is 0 Å². The first-order chi connectivity index (χ1) is 16.4. The lowest BCUT2D eigenvalue weighted by molar-refractivity contribution is -0.148. The van der Waals surface area contributed by atoms with Gasteiger partial charge in [-0.15, -0.1) is 0 Å². The summed E-state index contributed by atoms with van der Waals surface area (Å²) in [6.45, 7) is 0.757. The maximum absolute atomic E-state index is 13.9. The van der Waals surface area contributed by atoms with Gasteiger partial charge in [-0.3, -0.25) is 9.59 Å². The third-order valence-corrected chi connectivity index (χ3v) is 5.18. The van der Waals surface area contributed by atoms with Crippen LogP contribution in [0.5, 0.6) is 0 Å². The summed E-state index contributed by atoms with van der Waals surface area (Å²) in [4.78, 5) is 32.3. The summed E-state index contributed by atoms with van der Waals surface area (Å²) in [5.41, 5.74) is 1.75. The fraction of sp³-hybridized carbons (Fsp3) is 0.115. The zero-order chi connectivity index (χ0) is 24.2. The van der Waals surface area contributed by atoms with Crippen LogP contribution in [0.4, 0.5) is 4.39 Å². The van der Waals surface area contributed by atoms with Gasteiger partial charge in [-0.25, -0.2) is 9.37 Å². The largest absolute Gasteiger partial charge is 0.506 e. The molecule has 0 radical (unpaired) electrons. The second kappa shape index (κ2) is 9.68. The molecule has 0 aliphatic rings. The predicted molar refractivity (Wildman–Crippen MR) is 124 cm³/mol. The molecule has 7 nitrogen and oxygen atoms in total. The van der Waals surface area contributed by atoms with Crippen LogP contribution in [0.3, 0.4) is 0 Å². The lowest BCUT2D eigenvalue weighted by Crippen LogP contribution is -2.13. The highest BCUT2D eigenvalue weighted by molar-refractivity contribution is 6.33. The van der Waals surface area contributed by atoms with Gasteiger partial charge >= 0.3 is 5.97 Å². The van der Waals surface area contributed by atoms with Gasteiger partial charge in [-0.1, -0.05) is 42.5 Å². The number of hydrogen-bond donors (Lipinski definition) is 3. The Kier molecular flexibility index (Phi) is 6.51. The molecule has 0 saturated heterocycles. The number of H-pyrrole nitrogens is 1. The van der Waals surface area contributed by atoms with Crippen LogP contribution in [0.15, 0.2) is 72.8 Å². The lowest BCUT2D eigenvalue weighted by atomic mass is 9.97. The first-order valence-corrected chi connectivity index (χ1v) is 10.4. The van der Waals surface area contributed by atoms with Gasteiger partial charge < -0.3 is 19.9 Å². The standard InChI is InChI=1S/C26H21FN2O5/c1-15(31)34-22(14-30)16-6-4-7-17(12-16)24(32)23(25(33)18-8-5-9-19(27)13-18)26-28-20-10-2-3-11-21(20)29-26/h2-13,22,30,32H,14H2,1H3,(H,28,29)/b24-23-. The zero-order valence-electron chi connectivity index (χ0n) is 18.2. The lowest BCUT2D eigenvalue weighted by Gasteiger charge is -2.16. The minimum absolute atomic E-state index is 0.0336. The number of benzene rings is 3. The maximum atomic E-state index is 13.9. The second-order valence-electron chi connectivity index (χ2n) is 7.57. The SMILES string of the molecule is CC(=O)OC(CO)c1cccc(/C(O)=C(\C(=O)c2cccc(F)c2)c2nc3ccccc3[nH]2)c1. The molecule has 0 aliphatic heterocycles. The summed E-state index contributed by atoms with van der Waals surface area (Å²) in [6.07, 6.45) is -0.946. The highest BCUT2D eigenvalue weighted by Gasteiger charge is 2.25. The first kappa shape index (κ1) is 22.9. The van der Waals surface area contributed by atoms with Gasteiger partial charge in [0, 0.05) is 18.1 Å². The molecule has 1 heterocycles. The fourth-order valence-corrected chi connectivity index (χ4v) is 3.61. The molecule has 0 aliphatic carbocycles. The molecule has 172 valence electrons. The van der Waals surface area contributed by atoms with Crippen molar-refractivity contribution in [1.82, 2.24) is 9.97 Å². The van der Waals surface area contributed by atoms with Crippen molar-refractivity contribution in [3.8, 4) is 0 Å². The number of carbonyl (C=O) groups is 2. The average Bonchev–Trinajstić information content (AvgIpc) is 3.26. The van der Waals surface area contributed by atoms with Gasteiger partial charge in [0.15, 0.2) is 0 Å². The number of aromatic amines is 1. The molecule has 0 saturated carbocycles. The second-order valence-corrected chi connectivity index (χ2v) is 7.57. The van der Waals surface area contributed by atoms with Crippen LogP contribution in [0, 0.1) is 5.82 Å². The molecule has 8 heteroatoms. The Balaban J connectivity index is 1.88. The van der Waals surface area contributed by atoms with E-state index in [1.54, 1.807) is 42.5 Å². The Morgan fingerprint density at radius 1 is 1.03 bits per heavy atom. The molecule has 3 N–H and O–H groups in total. The number of rotatable bonds is 7. The summed E-state index contributed by atoms with van der Waals surface area (Å²) < 4.78 is 19.0. The van der Waals surface area contributed by atoms with Crippen LogP contribution in [-0.2, 0) is 9.53 Å². The molecule has 1 atom stereocenters. The number of ketones is 1. The van der Waals surface area contributed by atoms with Crippen LogP contribution in [0.25, 0.3) is 22.4 Å². The molecular weight excluding hydrogens is 439 g/mol. The van der Waals surface area contributed by atoms with Crippen molar-refractivity contribution in [1.29, 1.82) is 0 Å². The number of aliphatic hydroxyl groups excluding tert-OH is 2. The van der Waals surface area contributed by atoms with Crippen molar-refractivity contribution < 1.29 is 28.9 Å². The summed E-state index contributed by atoms with van der Waals surface area (Å²) >= 11 is 0. The maximum Gasteiger partial charge on any atom is 0.303 e. The van der Waals surface area contributed by atoms with E-state index in [1.807, 2.05) is 0 Å². The molecule has 1 unspecified atom stereocenters. The summed E-state index contributed by atoms with van der Waals surface area (Å²) in [5.74, 6) is -2.11. The molecule has 34 heavy (non-hydrogen) atoms. The average molecular weight is 460 g/mol. The van der Waals surface area contributed by atoms with Crippen molar-refractivity contribution >= 4 is 34.1 Å². The molecule has 4 aromatic rings. The van der Waals surface area contributed by atoms with E-state index in [2.05, 4.69) is 9.97 Å². The smallest absolute Gasteiger partial charge is 0.303 e. The van der Waals surface area contributed by atoms with E-state index < -0.39 is 36.0 Å². The van der Waals surface area contributed by atoms with Gasteiger partial charge in [-0.05, 0) is 35.9 Å². The quantitative estimate of drug-likeness (QED) is 0.161. The van der Waals surface area contributed by atoms with Crippen molar-refractivity contribution in [3.63, 3.8) is 0 Å². The number of Topliss-reactive ketones (excluding diaryl/α,β-unsaturated/α-hetero) is 1. The number of aromatic nitrogens is 2. The van der Waals surface area contributed by atoms with Gasteiger partial charge in [-0.2, -0.15) is 0 Å². The van der Waals surface area contributed by atoms with E-state index in [4.69, 9.17) is 4.74 Å². The van der Waals surface area contributed by atoms with Crippen molar-refractivity contribution in [2.75, 3.05) is 6.61 Å². The normalized spacial score (nSPS) is 12.8. The monoisotopic (exact) mass is 460 g/mol. The number of nitrogens with one attached hydrogen (secondary N) is 1. The van der Waals surface area contributed by atoms with E-state index in [9.17, 15) is 24.2 Å². The Morgan fingerprint density at radius 3 is 2.47 bits per heavy atom. The van der Waals surface area contributed by atoms with Gasteiger partial charge in [0.2, 0.25) is 5.78 Å². The van der Waals surface area contributed by atoms with Gasteiger partial charge in [0.1, 0.15) is 29.1 Å². The molecule has 4 rings (SSSR count). The third-order valence-electron chi connectivity index (χ3n) is 5.18. The Hall–Kier alpha value is -4.30. The van der Waals surface area contributed by atoms with Gasteiger partial charge in [0.05, 0.1) is 17.6 Å². The van der Waals surface area contributed by atoms with E-state index in [0.29, 0.717) is 16.6 Å². The molecular formula is C26H21FN2O5.